The molecule has 14 heavy (non-hydrogen) atoms. The second-order valence-electron chi connectivity index (χ2n) is 3.86. The Kier molecular flexibility index (Phi) is 4.90. The molecule has 1 saturated heterocycles. The number of hydrogen-bond donors (Lipinski definition) is 2. The maximum atomic E-state index is 11.3. The summed E-state index contributed by atoms with van der Waals surface area (Å²) in [7, 11) is 0. The van der Waals surface area contributed by atoms with Gasteiger partial charge in [0.25, 0.3) is 0 Å². The Balaban J connectivity index is 2.14. The topological polar surface area (TPSA) is 52.6 Å². The van der Waals surface area contributed by atoms with Crippen molar-refractivity contribution >= 4 is 5.91 Å². The first-order valence-corrected chi connectivity index (χ1v) is 5.39. The molecule has 0 radical (unpaired) electrons. The van der Waals surface area contributed by atoms with Crippen molar-refractivity contribution in [2.75, 3.05) is 26.2 Å². The van der Waals surface area contributed by atoms with Gasteiger partial charge in [-0.2, -0.15) is 0 Å². The van der Waals surface area contributed by atoms with Crippen LogP contribution in [-0.4, -0.2) is 48.2 Å². The summed E-state index contributed by atoms with van der Waals surface area (Å²) in [5.74, 6) is 0.100. The molecule has 1 fully saturated rings. The quantitative estimate of drug-likeness (QED) is 0.670. The smallest absolute Gasteiger partial charge is 0.234 e. The third kappa shape index (κ3) is 4.07. The molecule has 0 aromatic rings. The molecule has 82 valence electrons. The molecule has 0 spiro atoms. The number of nitrogens with one attached hydrogen (secondary N) is 1. The highest BCUT2D eigenvalue weighted by Crippen LogP contribution is 2.08. The molecule has 2 N–H and O–H groups in total. The predicted octanol–water partition coefficient (Wildman–Crippen LogP) is -0.0307. The van der Waals surface area contributed by atoms with Crippen molar-refractivity contribution in [1.82, 2.24) is 10.2 Å². The molecule has 1 heterocycles. The van der Waals surface area contributed by atoms with Crippen LogP contribution < -0.4 is 5.32 Å². The number of rotatable bonds is 4. The van der Waals surface area contributed by atoms with Crippen LogP contribution in [0, 0.1) is 0 Å². The maximum absolute atomic E-state index is 11.3. The Morgan fingerprint density at radius 1 is 1.50 bits per heavy atom. The fraction of sp³-hybridized carbons (Fsp3) is 0.900. The Labute approximate surface area is 85.3 Å². The molecule has 0 unspecified atom stereocenters. The van der Waals surface area contributed by atoms with E-state index in [1.165, 1.54) is 0 Å². The number of aliphatic hydroxyl groups excluding tert-OH is 1. The van der Waals surface area contributed by atoms with E-state index in [1.807, 2.05) is 6.92 Å². The molecule has 1 rings (SSSR count). The van der Waals surface area contributed by atoms with Gasteiger partial charge in [-0.05, 0) is 19.3 Å². The monoisotopic (exact) mass is 200 g/mol. The third-order valence-corrected chi connectivity index (χ3v) is 2.50. The first-order valence-electron chi connectivity index (χ1n) is 5.39. The number of carbonyl (C=O) groups excluding carboxylic acids is 1. The summed E-state index contributed by atoms with van der Waals surface area (Å²) in [4.78, 5) is 13.4. The van der Waals surface area contributed by atoms with E-state index >= 15 is 0 Å². The van der Waals surface area contributed by atoms with Crippen LogP contribution in [0.4, 0.5) is 0 Å². The van der Waals surface area contributed by atoms with Gasteiger partial charge in [-0.15, -0.1) is 0 Å². The Hall–Kier alpha value is -0.610. The van der Waals surface area contributed by atoms with Gasteiger partial charge in [-0.25, -0.2) is 0 Å². The van der Waals surface area contributed by atoms with Crippen LogP contribution in [0.5, 0.6) is 0 Å². The summed E-state index contributed by atoms with van der Waals surface area (Å²) in [6, 6.07) is 0. The maximum Gasteiger partial charge on any atom is 0.234 e. The zero-order valence-corrected chi connectivity index (χ0v) is 8.83. The standard InChI is InChI=1S/C10H20N2O2/c1-2-5-11-10(14)8-12-6-3-9(13)4-7-12/h9,13H,2-8H2,1H3,(H,11,14). The Morgan fingerprint density at radius 2 is 2.14 bits per heavy atom. The van der Waals surface area contributed by atoms with E-state index in [2.05, 4.69) is 10.2 Å². The van der Waals surface area contributed by atoms with Crippen LogP contribution >= 0.6 is 0 Å². The van der Waals surface area contributed by atoms with Gasteiger partial charge in [0.15, 0.2) is 0 Å². The average Bonchev–Trinajstić information content (AvgIpc) is 2.18. The lowest BCUT2D eigenvalue weighted by Gasteiger charge is -2.28. The summed E-state index contributed by atoms with van der Waals surface area (Å²) >= 11 is 0. The molecule has 0 aliphatic carbocycles. The highest BCUT2D eigenvalue weighted by molar-refractivity contribution is 5.77. The van der Waals surface area contributed by atoms with Crippen molar-refractivity contribution in [3.8, 4) is 0 Å². The highest BCUT2D eigenvalue weighted by atomic mass is 16.3. The second kappa shape index (κ2) is 5.98. The minimum atomic E-state index is -0.162. The summed E-state index contributed by atoms with van der Waals surface area (Å²) < 4.78 is 0. The van der Waals surface area contributed by atoms with Crippen LogP contribution in [0.1, 0.15) is 26.2 Å². The van der Waals surface area contributed by atoms with E-state index in [0.29, 0.717) is 6.54 Å². The zero-order valence-electron chi connectivity index (χ0n) is 8.83. The highest BCUT2D eigenvalue weighted by Gasteiger charge is 2.18. The number of carbonyl (C=O) groups is 1. The second-order valence-corrected chi connectivity index (χ2v) is 3.86. The molecular formula is C10H20N2O2. The number of hydrogen-bond acceptors (Lipinski definition) is 3. The van der Waals surface area contributed by atoms with Crippen LogP contribution in [0.2, 0.25) is 0 Å². The molecule has 0 aromatic heterocycles. The van der Waals surface area contributed by atoms with Crippen LogP contribution in [0.3, 0.4) is 0 Å². The summed E-state index contributed by atoms with van der Waals surface area (Å²) in [6.45, 7) is 4.95. The minimum Gasteiger partial charge on any atom is -0.393 e. The molecule has 1 amide bonds. The van der Waals surface area contributed by atoms with Gasteiger partial charge in [-0.3, -0.25) is 9.69 Å². The molecule has 1 aliphatic rings. The van der Waals surface area contributed by atoms with Gasteiger partial charge in [-0.1, -0.05) is 6.92 Å². The summed E-state index contributed by atoms with van der Waals surface area (Å²) in [6.07, 6.45) is 2.40. The zero-order chi connectivity index (χ0) is 10.4. The van der Waals surface area contributed by atoms with Gasteiger partial charge in [0, 0.05) is 19.6 Å². The van der Waals surface area contributed by atoms with E-state index in [-0.39, 0.29) is 12.0 Å². The lowest BCUT2D eigenvalue weighted by Crippen LogP contribution is -2.42. The van der Waals surface area contributed by atoms with E-state index in [4.69, 9.17) is 0 Å². The Bertz CT molecular complexity index is 177. The van der Waals surface area contributed by atoms with Crippen LogP contribution in [0.15, 0.2) is 0 Å². The molecule has 0 saturated carbocycles. The van der Waals surface area contributed by atoms with Gasteiger partial charge < -0.3 is 10.4 Å². The first-order chi connectivity index (χ1) is 6.72. The molecule has 0 aromatic carbocycles. The van der Waals surface area contributed by atoms with Crippen molar-refractivity contribution in [1.29, 1.82) is 0 Å². The van der Waals surface area contributed by atoms with Gasteiger partial charge in [0.05, 0.1) is 12.6 Å². The van der Waals surface area contributed by atoms with E-state index in [0.717, 1.165) is 38.9 Å². The number of aliphatic hydroxyl groups is 1. The van der Waals surface area contributed by atoms with Crippen LogP contribution in [0.25, 0.3) is 0 Å². The van der Waals surface area contributed by atoms with Crippen LogP contribution in [-0.2, 0) is 4.79 Å². The summed E-state index contributed by atoms with van der Waals surface area (Å²) in [5, 5.41) is 12.1. The molecule has 0 atom stereocenters. The fourth-order valence-corrected chi connectivity index (χ4v) is 1.60. The number of amides is 1. The average molecular weight is 200 g/mol. The van der Waals surface area contributed by atoms with Crippen molar-refractivity contribution in [2.45, 2.75) is 32.3 Å². The number of piperidine rings is 1. The minimum absolute atomic E-state index is 0.100. The normalized spacial score (nSPS) is 19.6. The van der Waals surface area contributed by atoms with E-state index in [1.54, 1.807) is 0 Å². The van der Waals surface area contributed by atoms with Gasteiger partial charge in [0.2, 0.25) is 5.91 Å². The number of likely N-dealkylation sites (tertiary alicyclic amines) is 1. The van der Waals surface area contributed by atoms with Crippen molar-refractivity contribution < 1.29 is 9.90 Å². The first kappa shape index (κ1) is 11.5. The molecule has 0 bridgehead atoms. The van der Waals surface area contributed by atoms with Crippen molar-refractivity contribution in [2.24, 2.45) is 0 Å². The van der Waals surface area contributed by atoms with Crippen molar-refractivity contribution in [3.05, 3.63) is 0 Å². The third-order valence-electron chi connectivity index (χ3n) is 2.50. The molecule has 4 heteroatoms. The van der Waals surface area contributed by atoms with Gasteiger partial charge >= 0.3 is 0 Å². The SMILES string of the molecule is CCCNC(=O)CN1CCC(O)CC1. The lowest BCUT2D eigenvalue weighted by molar-refractivity contribution is -0.122. The predicted molar refractivity (Wildman–Crippen MR) is 55.0 cm³/mol. The lowest BCUT2D eigenvalue weighted by atomic mass is 10.1. The van der Waals surface area contributed by atoms with E-state index in [9.17, 15) is 9.90 Å². The Morgan fingerprint density at radius 3 is 2.71 bits per heavy atom. The largest absolute Gasteiger partial charge is 0.393 e. The van der Waals surface area contributed by atoms with E-state index < -0.39 is 0 Å². The van der Waals surface area contributed by atoms with Crippen molar-refractivity contribution in [3.63, 3.8) is 0 Å². The molecule has 1 aliphatic heterocycles. The molecule has 4 nitrogen and oxygen atoms in total. The van der Waals surface area contributed by atoms with Gasteiger partial charge in [0.1, 0.15) is 0 Å². The summed E-state index contributed by atoms with van der Waals surface area (Å²) in [5.41, 5.74) is 0. The number of nitrogens with zero attached hydrogens (tertiary/aromatic N) is 1. The molecular weight excluding hydrogens is 180 g/mol. The fourth-order valence-electron chi connectivity index (χ4n) is 1.60.